The van der Waals surface area contributed by atoms with Gasteiger partial charge >= 0.3 is 0 Å². The largest absolute Gasteiger partial charge is 0.494 e. The number of benzene rings is 1. The number of nitriles is 1. The predicted molar refractivity (Wildman–Crippen MR) is 82.2 cm³/mol. The van der Waals surface area contributed by atoms with E-state index in [0.717, 1.165) is 43.8 Å². The quantitative estimate of drug-likeness (QED) is 0.841. The van der Waals surface area contributed by atoms with E-state index >= 15 is 0 Å². The number of hydrogen-bond donors (Lipinski definition) is 1. The zero-order valence-electron chi connectivity index (χ0n) is 12.4. The standard InChI is InChI=1S/C17H23N3O/c18-11-14-4-6-16(7-5-14)21-10-2-9-20-8-1-3-15-12-19-13-17(15)20/h4-7,15,17,19H,1-3,8-10,12-13H2. The third-order valence-corrected chi connectivity index (χ3v) is 4.64. The van der Waals surface area contributed by atoms with Crippen molar-refractivity contribution in [1.82, 2.24) is 10.2 Å². The minimum atomic E-state index is 0.676. The van der Waals surface area contributed by atoms with Gasteiger partial charge in [-0.05, 0) is 62.5 Å². The third-order valence-electron chi connectivity index (χ3n) is 4.64. The Morgan fingerprint density at radius 3 is 2.95 bits per heavy atom. The first-order valence-electron chi connectivity index (χ1n) is 7.94. The Kier molecular flexibility index (Phi) is 4.74. The van der Waals surface area contributed by atoms with Crippen LogP contribution in [0.25, 0.3) is 0 Å². The molecule has 2 heterocycles. The molecule has 21 heavy (non-hydrogen) atoms. The van der Waals surface area contributed by atoms with Gasteiger partial charge in [0.15, 0.2) is 0 Å². The molecular formula is C17H23N3O. The van der Waals surface area contributed by atoms with Crippen molar-refractivity contribution in [3.63, 3.8) is 0 Å². The molecule has 1 N–H and O–H groups in total. The molecule has 2 saturated heterocycles. The number of likely N-dealkylation sites (tertiary alicyclic amines) is 1. The molecule has 0 aliphatic carbocycles. The summed E-state index contributed by atoms with van der Waals surface area (Å²) in [5.74, 6) is 1.71. The lowest BCUT2D eigenvalue weighted by Gasteiger charge is -2.37. The van der Waals surface area contributed by atoms with E-state index in [2.05, 4.69) is 16.3 Å². The van der Waals surface area contributed by atoms with Gasteiger partial charge in [-0.15, -0.1) is 0 Å². The highest BCUT2D eigenvalue weighted by molar-refractivity contribution is 5.34. The summed E-state index contributed by atoms with van der Waals surface area (Å²) in [4.78, 5) is 2.64. The molecule has 0 spiro atoms. The van der Waals surface area contributed by atoms with E-state index in [1.165, 1.54) is 25.9 Å². The second-order valence-corrected chi connectivity index (χ2v) is 6.00. The van der Waals surface area contributed by atoms with Gasteiger partial charge in [0.05, 0.1) is 18.2 Å². The fourth-order valence-corrected chi connectivity index (χ4v) is 3.52. The number of piperidine rings is 1. The molecule has 4 heteroatoms. The van der Waals surface area contributed by atoms with Gasteiger partial charge in [-0.25, -0.2) is 0 Å². The SMILES string of the molecule is N#Cc1ccc(OCCCN2CCCC3CNCC32)cc1. The van der Waals surface area contributed by atoms with Gasteiger partial charge in [-0.3, -0.25) is 4.90 Å². The van der Waals surface area contributed by atoms with E-state index in [9.17, 15) is 0 Å². The Morgan fingerprint density at radius 1 is 1.29 bits per heavy atom. The van der Waals surface area contributed by atoms with Gasteiger partial charge in [-0.1, -0.05) is 0 Å². The number of rotatable bonds is 5. The number of nitrogens with one attached hydrogen (secondary N) is 1. The second-order valence-electron chi connectivity index (χ2n) is 6.00. The lowest BCUT2D eigenvalue weighted by Crippen LogP contribution is -2.45. The van der Waals surface area contributed by atoms with Gasteiger partial charge in [0, 0.05) is 19.1 Å². The van der Waals surface area contributed by atoms with Crippen molar-refractivity contribution in [2.24, 2.45) is 5.92 Å². The van der Waals surface area contributed by atoms with Gasteiger partial charge < -0.3 is 10.1 Å². The van der Waals surface area contributed by atoms with Crippen LogP contribution in [0.2, 0.25) is 0 Å². The Hall–Kier alpha value is -1.57. The van der Waals surface area contributed by atoms with Gasteiger partial charge in [0.1, 0.15) is 5.75 Å². The summed E-state index contributed by atoms with van der Waals surface area (Å²) in [6.07, 6.45) is 3.78. The Morgan fingerprint density at radius 2 is 2.14 bits per heavy atom. The molecule has 3 rings (SSSR count). The molecule has 4 nitrogen and oxygen atoms in total. The van der Waals surface area contributed by atoms with E-state index in [1.54, 1.807) is 12.1 Å². The summed E-state index contributed by atoms with van der Waals surface area (Å²) >= 11 is 0. The minimum absolute atomic E-state index is 0.676. The molecular weight excluding hydrogens is 262 g/mol. The normalized spacial score (nSPS) is 25.3. The topological polar surface area (TPSA) is 48.3 Å². The van der Waals surface area contributed by atoms with E-state index in [-0.39, 0.29) is 0 Å². The average molecular weight is 285 g/mol. The van der Waals surface area contributed by atoms with Crippen LogP contribution in [0.15, 0.2) is 24.3 Å². The Balaban J connectivity index is 1.40. The van der Waals surface area contributed by atoms with Crippen LogP contribution in [0.5, 0.6) is 5.75 Å². The summed E-state index contributed by atoms with van der Waals surface area (Å²) in [6, 6.07) is 10.2. The maximum atomic E-state index is 8.76. The summed E-state index contributed by atoms with van der Waals surface area (Å²) in [7, 11) is 0. The minimum Gasteiger partial charge on any atom is -0.494 e. The first kappa shape index (κ1) is 14.4. The number of nitrogens with zero attached hydrogens (tertiary/aromatic N) is 2. The Labute approximate surface area is 126 Å². The van der Waals surface area contributed by atoms with Crippen LogP contribution >= 0.6 is 0 Å². The van der Waals surface area contributed by atoms with E-state index in [4.69, 9.17) is 10.00 Å². The van der Waals surface area contributed by atoms with Crippen LogP contribution in [0, 0.1) is 17.2 Å². The van der Waals surface area contributed by atoms with E-state index in [0.29, 0.717) is 5.56 Å². The lowest BCUT2D eigenvalue weighted by molar-refractivity contribution is 0.117. The van der Waals surface area contributed by atoms with Gasteiger partial charge in [-0.2, -0.15) is 5.26 Å². The van der Waals surface area contributed by atoms with Crippen LogP contribution in [-0.4, -0.2) is 43.7 Å². The predicted octanol–water partition coefficient (Wildman–Crippen LogP) is 2.01. The van der Waals surface area contributed by atoms with Crippen LogP contribution in [0.1, 0.15) is 24.8 Å². The Bertz CT molecular complexity index is 494. The van der Waals surface area contributed by atoms with Gasteiger partial charge in [0.2, 0.25) is 0 Å². The highest BCUT2D eigenvalue weighted by atomic mass is 16.5. The zero-order valence-corrected chi connectivity index (χ0v) is 12.4. The van der Waals surface area contributed by atoms with Crippen LogP contribution < -0.4 is 10.1 Å². The van der Waals surface area contributed by atoms with Crippen molar-refractivity contribution in [3.8, 4) is 11.8 Å². The number of fused-ring (bicyclic) bond motifs is 1. The molecule has 0 amide bonds. The molecule has 2 aliphatic heterocycles. The van der Waals surface area contributed by atoms with E-state index < -0.39 is 0 Å². The summed E-state index contributed by atoms with van der Waals surface area (Å²) < 4.78 is 5.76. The van der Waals surface area contributed by atoms with Crippen molar-refractivity contribution < 1.29 is 4.74 Å². The molecule has 0 saturated carbocycles. The van der Waals surface area contributed by atoms with Crippen molar-refractivity contribution in [1.29, 1.82) is 5.26 Å². The molecule has 2 unspecified atom stereocenters. The molecule has 1 aromatic carbocycles. The first-order valence-corrected chi connectivity index (χ1v) is 7.94. The van der Waals surface area contributed by atoms with Crippen LogP contribution in [0.3, 0.4) is 0 Å². The van der Waals surface area contributed by atoms with Crippen molar-refractivity contribution in [2.75, 3.05) is 32.8 Å². The molecule has 0 aromatic heterocycles. The molecule has 2 aliphatic rings. The molecule has 112 valence electrons. The molecule has 2 atom stereocenters. The fraction of sp³-hybridized carbons (Fsp3) is 0.588. The highest BCUT2D eigenvalue weighted by Crippen LogP contribution is 2.26. The first-order chi connectivity index (χ1) is 10.4. The number of ether oxygens (including phenoxy) is 1. The summed E-state index contributed by atoms with van der Waals surface area (Å²) in [5.41, 5.74) is 0.676. The average Bonchev–Trinajstić information content (AvgIpc) is 3.01. The highest BCUT2D eigenvalue weighted by Gasteiger charge is 2.34. The molecule has 2 fully saturated rings. The summed E-state index contributed by atoms with van der Waals surface area (Å²) in [6.45, 7) is 5.45. The second kappa shape index (κ2) is 6.93. The van der Waals surface area contributed by atoms with Crippen LogP contribution in [-0.2, 0) is 0 Å². The van der Waals surface area contributed by atoms with E-state index in [1.807, 2.05) is 12.1 Å². The maximum Gasteiger partial charge on any atom is 0.119 e. The monoisotopic (exact) mass is 285 g/mol. The van der Waals surface area contributed by atoms with Crippen molar-refractivity contribution >= 4 is 0 Å². The fourth-order valence-electron chi connectivity index (χ4n) is 3.52. The summed E-state index contributed by atoms with van der Waals surface area (Å²) in [5, 5.41) is 12.3. The molecule has 1 aromatic rings. The smallest absolute Gasteiger partial charge is 0.119 e. The lowest BCUT2D eigenvalue weighted by atomic mass is 9.92. The molecule has 0 bridgehead atoms. The third kappa shape index (κ3) is 3.55. The van der Waals surface area contributed by atoms with Crippen molar-refractivity contribution in [3.05, 3.63) is 29.8 Å². The maximum absolute atomic E-state index is 8.76. The molecule has 0 radical (unpaired) electrons. The zero-order chi connectivity index (χ0) is 14.5. The van der Waals surface area contributed by atoms with Crippen LogP contribution in [0.4, 0.5) is 0 Å². The van der Waals surface area contributed by atoms with Crippen molar-refractivity contribution in [2.45, 2.75) is 25.3 Å². The van der Waals surface area contributed by atoms with Gasteiger partial charge in [0.25, 0.3) is 0 Å². The number of hydrogen-bond acceptors (Lipinski definition) is 4.